The maximum Gasteiger partial charge on any atom is 0.344 e. The number of hydrogen-bond donors (Lipinski definition) is 3. The number of nitrogens with two attached hydrogens (primary N) is 1. The van der Waals surface area contributed by atoms with Gasteiger partial charge in [0.2, 0.25) is 0 Å². The normalized spacial score (nSPS) is 18.4. The van der Waals surface area contributed by atoms with Crippen LogP contribution in [0.5, 0.6) is 11.5 Å². The molecular formula is C30H38N4O6S. The van der Waals surface area contributed by atoms with Crippen molar-refractivity contribution in [1.29, 1.82) is 0 Å². The molecule has 1 fully saturated rings. The van der Waals surface area contributed by atoms with Crippen LogP contribution in [0.15, 0.2) is 69.8 Å². The fourth-order valence-corrected chi connectivity index (χ4v) is 5.44. The summed E-state index contributed by atoms with van der Waals surface area (Å²) in [5, 5.41) is 21.9. The molecule has 0 amide bonds. The molecule has 0 spiro atoms. The average Bonchev–Trinajstić information content (AvgIpc) is 3.27. The van der Waals surface area contributed by atoms with Crippen LogP contribution in [-0.4, -0.2) is 103 Å². The lowest BCUT2D eigenvalue weighted by molar-refractivity contribution is -0.138. The average molecular weight is 583 g/mol. The van der Waals surface area contributed by atoms with Gasteiger partial charge < -0.3 is 30.2 Å². The monoisotopic (exact) mass is 582 g/mol. The predicted molar refractivity (Wildman–Crippen MR) is 162 cm³/mol. The van der Waals surface area contributed by atoms with Crippen molar-refractivity contribution in [3.8, 4) is 11.5 Å². The molecule has 2 aliphatic rings. The number of phenolic OH excluding ortho intramolecular Hbond substituents is 1. The first-order valence-corrected chi connectivity index (χ1v) is 14.6. The van der Waals surface area contributed by atoms with E-state index in [1.54, 1.807) is 31.2 Å². The number of aromatic hydroxyl groups is 1. The smallest absolute Gasteiger partial charge is 0.344 e. The third-order valence-corrected chi connectivity index (χ3v) is 7.60. The Morgan fingerprint density at radius 3 is 2.39 bits per heavy atom. The van der Waals surface area contributed by atoms with E-state index in [0.29, 0.717) is 53.3 Å². The van der Waals surface area contributed by atoms with Gasteiger partial charge in [-0.1, -0.05) is 36.0 Å². The van der Waals surface area contributed by atoms with Crippen LogP contribution >= 0.6 is 11.8 Å². The van der Waals surface area contributed by atoms with Crippen LogP contribution in [0.2, 0.25) is 0 Å². The molecule has 0 atom stereocenters. The van der Waals surface area contributed by atoms with Crippen LogP contribution in [0.25, 0.3) is 6.08 Å². The Hall–Kier alpha value is -3.35. The molecule has 2 aromatic carbocycles. The molecule has 2 aromatic rings. The molecule has 4 N–H and O–H groups in total. The number of ether oxygens (including phenoxy) is 3. The van der Waals surface area contributed by atoms with Crippen molar-refractivity contribution in [1.82, 2.24) is 9.80 Å². The fourth-order valence-electron chi connectivity index (χ4n) is 4.41. The third kappa shape index (κ3) is 8.82. The molecule has 10 nitrogen and oxygen atoms in total. The van der Waals surface area contributed by atoms with E-state index in [0.717, 1.165) is 39.3 Å². The highest BCUT2D eigenvalue weighted by Gasteiger charge is 2.33. The fraction of sp³-hybridized carbons (Fsp3) is 0.400. The molecule has 220 valence electrons. The lowest BCUT2D eigenvalue weighted by Crippen LogP contribution is -2.48. The summed E-state index contributed by atoms with van der Waals surface area (Å²) in [7, 11) is 0. The van der Waals surface area contributed by atoms with Crippen LogP contribution in [0.4, 0.5) is 5.69 Å². The largest absolute Gasteiger partial charge is 0.506 e. The second kappa shape index (κ2) is 15.6. The van der Waals surface area contributed by atoms with Crippen molar-refractivity contribution in [2.45, 2.75) is 6.92 Å². The van der Waals surface area contributed by atoms with Crippen molar-refractivity contribution >= 4 is 34.5 Å². The number of aliphatic imine (C=N–C) groups is 1. The number of carbonyl (C=O) groups excluding carboxylic acids is 1. The molecule has 11 heteroatoms. The molecule has 2 heterocycles. The van der Waals surface area contributed by atoms with Crippen LogP contribution in [0, 0.1) is 0 Å². The molecule has 0 bridgehead atoms. The minimum absolute atomic E-state index is 0.00286. The van der Waals surface area contributed by atoms with E-state index >= 15 is 0 Å². The van der Waals surface area contributed by atoms with Crippen LogP contribution < -0.4 is 10.5 Å². The van der Waals surface area contributed by atoms with Gasteiger partial charge >= 0.3 is 5.97 Å². The minimum atomic E-state index is -0.639. The summed E-state index contributed by atoms with van der Waals surface area (Å²) < 4.78 is 16.5. The maximum atomic E-state index is 12.6. The molecule has 0 unspecified atom stereocenters. The molecule has 0 aromatic heterocycles. The van der Waals surface area contributed by atoms with Gasteiger partial charge in [-0.05, 0) is 42.8 Å². The zero-order valence-electron chi connectivity index (χ0n) is 23.3. The van der Waals surface area contributed by atoms with Crippen LogP contribution in [0.1, 0.15) is 12.5 Å². The number of nitrogens with zero attached hydrogens (tertiary/aromatic N) is 3. The Kier molecular flexibility index (Phi) is 11.6. The second-order valence-corrected chi connectivity index (χ2v) is 10.5. The highest BCUT2D eigenvalue weighted by Crippen LogP contribution is 2.41. The number of aliphatic hydroxyl groups is 1. The number of thioether (sulfide) groups is 1. The van der Waals surface area contributed by atoms with E-state index in [2.05, 4.69) is 14.8 Å². The molecule has 1 saturated heterocycles. The summed E-state index contributed by atoms with van der Waals surface area (Å²) >= 11 is 1.17. The summed E-state index contributed by atoms with van der Waals surface area (Å²) in [6.07, 6.45) is 1.69. The Labute approximate surface area is 245 Å². The van der Waals surface area contributed by atoms with E-state index in [9.17, 15) is 15.0 Å². The van der Waals surface area contributed by atoms with Gasteiger partial charge in [0.15, 0.2) is 11.5 Å². The van der Waals surface area contributed by atoms with Crippen LogP contribution in [0.3, 0.4) is 0 Å². The van der Waals surface area contributed by atoms with E-state index < -0.39 is 5.97 Å². The molecule has 0 saturated carbocycles. The lowest BCUT2D eigenvalue weighted by atomic mass is 10.1. The standard InChI is InChI=1S/C30H38N4O6S/c1-2-39-30(37)27-28(36)26(41-29(27)32-23-6-4-3-5-7-23)21-22-8-9-25(24(35)20-22)40-19-16-34-13-11-33(12-14-34)15-18-38-17-10-31/h3-9,20-21,35-36H,2,10-19,31H2,1H3/b26-21-,32-29?. The summed E-state index contributed by atoms with van der Waals surface area (Å²) in [5.74, 6) is -0.455. The third-order valence-electron chi connectivity index (χ3n) is 6.58. The molecular weight excluding hydrogens is 544 g/mol. The van der Waals surface area contributed by atoms with E-state index in [-0.39, 0.29) is 23.7 Å². The van der Waals surface area contributed by atoms with Crippen molar-refractivity contribution in [2.75, 3.05) is 72.2 Å². The van der Waals surface area contributed by atoms with Gasteiger partial charge in [-0.3, -0.25) is 9.80 Å². The number of para-hydroxylation sites is 1. The predicted octanol–water partition coefficient (Wildman–Crippen LogP) is 3.56. The zero-order valence-corrected chi connectivity index (χ0v) is 24.1. The van der Waals surface area contributed by atoms with Gasteiger partial charge in [-0.25, -0.2) is 9.79 Å². The van der Waals surface area contributed by atoms with Crippen molar-refractivity contribution in [3.63, 3.8) is 0 Å². The van der Waals surface area contributed by atoms with Crippen molar-refractivity contribution in [2.24, 2.45) is 10.7 Å². The Morgan fingerprint density at radius 2 is 1.73 bits per heavy atom. The SMILES string of the molecule is CCOC(=O)C1=C(O)/C(=C/c2ccc(OCCN3CCN(CCOCCN)CC3)c(O)c2)SC1=Nc1ccccc1. The van der Waals surface area contributed by atoms with Crippen molar-refractivity contribution < 1.29 is 29.2 Å². The van der Waals surface area contributed by atoms with Crippen molar-refractivity contribution in [3.05, 3.63) is 70.3 Å². The Bertz CT molecular complexity index is 1260. The highest BCUT2D eigenvalue weighted by atomic mass is 32.2. The Morgan fingerprint density at radius 1 is 1.02 bits per heavy atom. The number of carbonyl (C=O) groups is 1. The number of phenols is 1. The highest BCUT2D eigenvalue weighted by molar-refractivity contribution is 8.18. The topological polar surface area (TPSA) is 130 Å². The first-order chi connectivity index (χ1) is 20.0. The van der Waals surface area contributed by atoms with Gasteiger partial charge in [0, 0.05) is 45.8 Å². The quantitative estimate of drug-likeness (QED) is 0.238. The first kappa shape index (κ1) is 30.6. The summed E-state index contributed by atoms with van der Waals surface area (Å²) in [6.45, 7) is 9.74. The van der Waals surface area contributed by atoms with Gasteiger partial charge in [0.05, 0.1) is 30.4 Å². The zero-order chi connectivity index (χ0) is 29.0. The molecule has 4 rings (SSSR count). The molecule has 0 radical (unpaired) electrons. The molecule has 2 aliphatic heterocycles. The number of aliphatic hydroxyl groups excluding tert-OH is 1. The minimum Gasteiger partial charge on any atom is -0.506 e. The van der Waals surface area contributed by atoms with Gasteiger partial charge in [-0.2, -0.15) is 0 Å². The number of rotatable bonds is 13. The van der Waals surface area contributed by atoms with E-state index in [1.165, 1.54) is 11.8 Å². The summed E-state index contributed by atoms with van der Waals surface area (Å²) in [5.41, 5.74) is 6.77. The lowest BCUT2D eigenvalue weighted by Gasteiger charge is -2.34. The second-order valence-electron chi connectivity index (χ2n) is 9.47. The van der Waals surface area contributed by atoms with Crippen LogP contribution in [-0.2, 0) is 14.3 Å². The maximum absolute atomic E-state index is 12.6. The summed E-state index contributed by atoms with van der Waals surface area (Å²) in [4.78, 5) is 22.3. The van der Waals surface area contributed by atoms with Gasteiger partial charge in [-0.15, -0.1) is 0 Å². The number of piperazine rings is 1. The van der Waals surface area contributed by atoms with Gasteiger partial charge in [0.1, 0.15) is 23.0 Å². The Balaban J connectivity index is 1.34. The number of esters is 1. The molecule has 0 aliphatic carbocycles. The van der Waals surface area contributed by atoms with E-state index in [4.69, 9.17) is 19.9 Å². The first-order valence-electron chi connectivity index (χ1n) is 13.8. The van der Waals surface area contributed by atoms with E-state index in [1.807, 2.05) is 30.3 Å². The summed E-state index contributed by atoms with van der Waals surface area (Å²) in [6, 6.07) is 14.3. The molecule has 41 heavy (non-hydrogen) atoms. The van der Waals surface area contributed by atoms with Gasteiger partial charge in [0.25, 0.3) is 0 Å². The number of hydrogen-bond acceptors (Lipinski definition) is 11. The number of benzene rings is 2.